The van der Waals surface area contributed by atoms with E-state index >= 15 is 0 Å². The lowest BCUT2D eigenvalue weighted by Crippen LogP contribution is -2.49. The van der Waals surface area contributed by atoms with Crippen molar-refractivity contribution in [2.45, 2.75) is 37.8 Å². The van der Waals surface area contributed by atoms with Gasteiger partial charge < -0.3 is 20.7 Å². The van der Waals surface area contributed by atoms with E-state index in [-0.39, 0.29) is 5.91 Å². The van der Waals surface area contributed by atoms with Crippen LogP contribution in [0.15, 0.2) is 0 Å². The molecular weight excluding hydrogens is 218 g/mol. The van der Waals surface area contributed by atoms with E-state index < -0.39 is 6.04 Å². The molecule has 0 bridgehead atoms. The molecule has 1 atom stereocenters. The first-order valence-corrected chi connectivity index (χ1v) is 6.37. The maximum absolute atomic E-state index is 11.8. The van der Waals surface area contributed by atoms with E-state index in [9.17, 15) is 4.79 Å². The molecule has 1 amide bonds. The lowest BCUT2D eigenvalue weighted by atomic mass is 10.0. The van der Waals surface area contributed by atoms with Crippen LogP contribution in [0.3, 0.4) is 0 Å². The maximum atomic E-state index is 11.8. The molecule has 0 aromatic heterocycles. The Kier molecular flexibility index (Phi) is 6.47. The van der Waals surface area contributed by atoms with Crippen molar-refractivity contribution in [1.29, 1.82) is 0 Å². The molecule has 5 nitrogen and oxygen atoms in total. The second-order valence-electron chi connectivity index (χ2n) is 4.83. The number of hydrogen-bond donors (Lipinski definition) is 2. The van der Waals surface area contributed by atoms with E-state index in [1.807, 2.05) is 0 Å². The van der Waals surface area contributed by atoms with Gasteiger partial charge in [0.15, 0.2) is 0 Å². The molecule has 3 N–H and O–H groups in total. The van der Waals surface area contributed by atoms with Crippen LogP contribution in [0.5, 0.6) is 0 Å². The number of ether oxygens (including phenoxy) is 1. The second-order valence-corrected chi connectivity index (χ2v) is 4.83. The number of nitrogens with one attached hydrogen (secondary N) is 1. The molecule has 1 heterocycles. The molecule has 0 radical (unpaired) electrons. The van der Waals surface area contributed by atoms with Crippen LogP contribution >= 0.6 is 0 Å². The first kappa shape index (κ1) is 14.4. The smallest absolute Gasteiger partial charge is 0.237 e. The zero-order valence-corrected chi connectivity index (χ0v) is 10.9. The standard InChI is InChI=1S/C12H25N3O2/c1-15-7-5-10(6-8-15)14-12(16)11(13)4-3-9-17-2/h10-11H,3-9,13H2,1-2H3,(H,14,16). The van der Waals surface area contributed by atoms with Gasteiger partial charge in [-0.25, -0.2) is 0 Å². The van der Waals surface area contributed by atoms with E-state index in [0.717, 1.165) is 32.4 Å². The van der Waals surface area contributed by atoms with E-state index in [1.165, 1.54) is 0 Å². The lowest BCUT2D eigenvalue weighted by molar-refractivity contribution is -0.123. The summed E-state index contributed by atoms with van der Waals surface area (Å²) in [6, 6.07) is -0.100. The van der Waals surface area contributed by atoms with Crippen LogP contribution in [0.2, 0.25) is 0 Å². The number of rotatable bonds is 6. The molecule has 1 fully saturated rings. The number of likely N-dealkylation sites (tertiary alicyclic amines) is 1. The van der Waals surface area contributed by atoms with Gasteiger partial charge in [0.05, 0.1) is 6.04 Å². The normalized spacial score (nSPS) is 20.2. The predicted octanol–water partition coefficient (Wildman–Crippen LogP) is -0.0493. The van der Waals surface area contributed by atoms with Gasteiger partial charge in [0.2, 0.25) is 5.91 Å². The summed E-state index contributed by atoms with van der Waals surface area (Å²) in [5.74, 6) is -0.0179. The Hall–Kier alpha value is -0.650. The van der Waals surface area contributed by atoms with Crippen molar-refractivity contribution in [3.8, 4) is 0 Å². The average Bonchev–Trinajstić information content (AvgIpc) is 2.32. The topological polar surface area (TPSA) is 67.6 Å². The summed E-state index contributed by atoms with van der Waals surface area (Å²) in [6.45, 7) is 2.75. The molecule has 0 aromatic carbocycles. The van der Waals surface area contributed by atoms with Gasteiger partial charge in [0, 0.05) is 19.8 Å². The van der Waals surface area contributed by atoms with Gasteiger partial charge >= 0.3 is 0 Å². The first-order chi connectivity index (χ1) is 8.13. The van der Waals surface area contributed by atoms with Crippen molar-refractivity contribution in [3.05, 3.63) is 0 Å². The van der Waals surface area contributed by atoms with Crippen LogP contribution in [0.25, 0.3) is 0 Å². The Morgan fingerprint density at radius 2 is 2.18 bits per heavy atom. The molecule has 100 valence electrons. The summed E-state index contributed by atoms with van der Waals surface area (Å²) in [7, 11) is 3.76. The Morgan fingerprint density at radius 3 is 2.76 bits per heavy atom. The molecule has 0 saturated carbocycles. The monoisotopic (exact) mass is 243 g/mol. The number of carbonyl (C=O) groups excluding carboxylic acids is 1. The van der Waals surface area contributed by atoms with Gasteiger partial charge in [0.25, 0.3) is 0 Å². The van der Waals surface area contributed by atoms with Crippen molar-refractivity contribution in [3.63, 3.8) is 0 Å². The highest BCUT2D eigenvalue weighted by molar-refractivity contribution is 5.81. The summed E-state index contributed by atoms with van der Waals surface area (Å²) < 4.78 is 4.94. The maximum Gasteiger partial charge on any atom is 0.237 e. The van der Waals surface area contributed by atoms with E-state index in [0.29, 0.717) is 19.1 Å². The number of methoxy groups -OCH3 is 1. The Bertz CT molecular complexity index is 228. The first-order valence-electron chi connectivity index (χ1n) is 6.37. The third kappa shape index (κ3) is 5.48. The second kappa shape index (κ2) is 7.63. The predicted molar refractivity (Wildman–Crippen MR) is 67.7 cm³/mol. The van der Waals surface area contributed by atoms with Gasteiger partial charge in [-0.15, -0.1) is 0 Å². The summed E-state index contributed by atoms with van der Waals surface area (Å²) in [5, 5.41) is 3.03. The van der Waals surface area contributed by atoms with Crippen molar-refractivity contribution in [1.82, 2.24) is 10.2 Å². The van der Waals surface area contributed by atoms with Gasteiger partial charge in [-0.3, -0.25) is 4.79 Å². The average molecular weight is 243 g/mol. The number of hydrogen-bond acceptors (Lipinski definition) is 4. The van der Waals surface area contributed by atoms with Gasteiger partial charge in [-0.2, -0.15) is 0 Å². The summed E-state index contributed by atoms with van der Waals surface area (Å²) in [4.78, 5) is 14.1. The Balaban J connectivity index is 2.19. The highest BCUT2D eigenvalue weighted by atomic mass is 16.5. The minimum Gasteiger partial charge on any atom is -0.385 e. The number of amides is 1. The number of nitrogens with zero attached hydrogens (tertiary/aromatic N) is 1. The third-order valence-electron chi connectivity index (χ3n) is 3.27. The highest BCUT2D eigenvalue weighted by Crippen LogP contribution is 2.08. The Morgan fingerprint density at radius 1 is 1.53 bits per heavy atom. The molecule has 5 heteroatoms. The van der Waals surface area contributed by atoms with Crippen LogP contribution in [0.1, 0.15) is 25.7 Å². The summed E-state index contributed by atoms with van der Waals surface area (Å²) in [5.41, 5.74) is 5.82. The molecule has 0 aliphatic carbocycles. The fraction of sp³-hybridized carbons (Fsp3) is 0.917. The molecular formula is C12H25N3O2. The van der Waals surface area contributed by atoms with Crippen LogP contribution in [0, 0.1) is 0 Å². The van der Waals surface area contributed by atoms with Gasteiger partial charge in [-0.05, 0) is 45.8 Å². The van der Waals surface area contributed by atoms with Crippen molar-refractivity contribution in [2.75, 3.05) is 33.9 Å². The SMILES string of the molecule is COCCCC(N)C(=O)NC1CCN(C)CC1. The fourth-order valence-corrected chi connectivity index (χ4v) is 2.04. The molecule has 0 aromatic rings. The lowest BCUT2D eigenvalue weighted by Gasteiger charge is -2.30. The van der Waals surface area contributed by atoms with Crippen molar-refractivity contribution >= 4 is 5.91 Å². The highest BCUT2D eigenvalue weighted by Gasteiger charge is 2.21. The minimum atomic E-state index is -0.398. The fourth-order valence-electron chi connectivity index (χ4n) is 2.04. The van der Waals surface area contributed by atoms with Crippen molar-refractivity contribution in [2.24, 2.45) is 5.73 Å². The third-order valence-corrected chi connectivity index (χ3v) is 3.27. The molecule has 0 spiro atoms. The van der Waals surface area contributed by atoms with E-state index in [2.05, 4.69) is 17.3 Å². The van der Waals surface area contributed by atoms with Crippen LogP contribution in [-0.2, 0) is 9.53 Å². The summed E-state index contributed by atoms with van der Waals surface area (Å²) >= 11 is 0. The van der Waals surface area contributed by atoms with Gasteiger partial charge in [-0.1, -0.05) is 0 Å². The largest absolute Gasteiger partial charge is 0.385 e. The molecule has 1 rings (SSSR count). The molecule has 1 saturated heterocycles. The van der Waals surface area contributed by atoms with Gasteiger partial charge in [0.1, 0.15) is 0 Å². The molecule has 1 unspecified atom stereocenters. The van der Waals surface area contributed by atoms with Crippen molar-refractivity contribution < 1.29 is 9.53 Å². The molecule has 1 aliphatic heterocycles. The van der Waals surface area contributed by atoms with Crippen LogP contribution < -0.4 is 11.1 Å². The number of piperidine rings is 1. The Labute approximate surface area is 104 Å². The van der Waals surface area contributed by atoms with E-state index in [1.54, 1.807) is 7.11 Å². The van der Waals surface area contributed by atoms with Crippen LogP contribution in [-0.4, -0.2) is 56.7 Å². The zero-order chi connectivity index (χ0) is 12.7. The number of carbonyl (C=O) groups is 1. The quantitative estimate of drug-likeness (QED) is 0.642. The molecule has 1 aliphatic rings. The summed E-state index contributed by atoms with van der Waals surface area (Å²) in [6.07, 6.45) is 3.56. The number of nitrogens with two attached hydrogens (primary N) is 1. The van der Waals surface area contributed by atoms with E-state index in [4.69, 9.17) is 10.5 Å². The zero-order valence-electron chi connectivity index (χ0n) is 10.9. The minimum absolute atomic E-state index is 0.0179. The molecule has 17 heavy (non-hydrogen) atoms. The van der Waals surface area contributed by atoms with Crippen LogP contribution in [0.4, 0.5) is 0 Å².